The number of amides is 2. The standard InChI is InChI=1S/C18H17Cl2N3O2/c1-23-10-17(24)22-15-8-12(2-3-16(15)23)18(25)21-5-4-11-6-13(19)9-14(20)7-11/h2-3,6-9H,4-5,10H2,1H3,(H,21,25)(H,22,24). The smallest absolute Gasteiger partial charge is 0.251 e. The highest BCUT2D eigenvalue weighted by atomic mass is 35.5. The summed E-state index contributed by atoms with van der Waals surface area (Å²) >= 11 is 11.9. The molecule has 0 aliphatic carbocycles. The lowest BCUT2D eigenvalue weighted by molar-refractivity contribution is -0.115. The van der Waals surface area contributed by atoms with Crippen LogP contribution in [0.4, 0.5) is 11.4 Å². The Bertz CT molecular complexity index is 819. The lowest BCUT2D eigenvalue weighted by atomic mass is 10.1. The van der Waals surface area contributed by atoms with Crippen LogP contribution in [0.1, 0.15) is 15.9 Å². The number of benzene rings is 2. The van der Waals surface area contributed by atoms with Gasteiger partial charge >= 0.3 is 0 Å². The van der Waals surface area contributed by atoms with Crippen molar-refractivity contribution in [2.45, 2.75) is 6.42 Å². The average molecular weight is 378 g/mol. The van der Waals surface area contributed by atoms with Gasteiger partial charge in [0.05, 0.1) is 17.9 Å². The van der Waals surface area contributed by atoms with E-state index in [9.17, 15) is 9.59 Å². The van der Waals surface area contributed by atoms with Gasteiger partial charge in [0.25, 0.3) is 5.91 Å². The third-order valence-corrected chi connectivity index (χ3v) is 4.38. The molecule has 7 heteroatoms. The van der Waals surface area contributed by atoms with E-state index in [0.717, 1.165) is 11.3 Å². The maximum Gasteiger partial charge on any atom is 0.251 e. The van der Waals surface area contributed by atoms with E-state index in [1.807, 2.05) is 30.1 Å². The lowest BCUT2D eigenvalue weighted by Crippen LogP contribution is -2.35. The summed E-state index contributed by atoms with van der Waals surface area (Å²) in [6.07, 6.45) is 0.621. The van der Waals surface area contributed by atoms with Crippen LogP contribution in [0.5, 0.6) is 0 Å². The van der Waals surface area contributed by atoms with Crippen LogP contribution in [0.3, 0.4) is 0 Å². The van der Waals surface area contributed by atoms with E-state index in [0.29, 0.717) is 40.8 Å². The molecule has 0 bridgehead atoms. The first-order chi connectivity index (χ1) is 11.9. The average Bonchev–Trinajstić information content (AvgIpc) is 2.53. The van der Waals surface area contributed by atoms with Crippen LogP contribution >= 0.6 is 23.2 Å². The van der Waals surface area contributed by atoms with Crippen molar-refractivity contribution in [1.82, 2.24) is 5.32 Å². The fourth-order valence-electron chi connectivity index (χ4n) is 2.78. The Hall–Kier alpha value is -2.24. The van der Waals surface area contributed by atoms with Gasteiger partial charge in [-0.15, -0.1) is 0 Å². The molecule has 130 valence electrons. The first kappa shape index (κ1) is 17.6. The van der Waals surface area contributed by atoms with E-state index in [2.05, 4.69) is 10.6 Å². The van der Waals surface area contributed by atoms with Gasteiger partial charge in [-0.25, -0.2) is 0 Å². The van der Waals surface area contributed by atoms with E-state index < -0.39 is 0 Å². The predicted molar refractivity (Wildman–Crippen MR) is 101 cm³/mol. The van der Waals surface area contributed by atoms with E-state index in [-0.39, 0.29) is 11.8 Å². The highest BCUT2D eigenvalue weighted by Gasteiger charge is 2.20. The Balaban J connectivity index is 1.64. The third-order valence-electron chi connectivity index (χ3n) is 3.95. The number of likely N-dealkylation sites (N-methyl/N-ethyl adjacent to an activating group) is 1. The summed E-state index contributed by atoms with van der Waals surface area (Å²) in [6.45, 7) is 0.763. The molecule has 5 nitrogen and oxygen atoms in total. The number of halogens is 2. The molecule has 1 heterocycles. The molecule has 1 aliphatic rings. The molecule has 0 unspecified atom stereocenters. The minimum Gasteiger partial charge on any atom is -0.364 e. The Morgan fingerprint density at radius 3 is 2.64 bits per heavy atom. The number of carbonyl (C=O) groups excluding carboxylic acids is 2. The van der Waals surface area contributed by atoms with E-state index in [1.165, 1.54) is 0 Å². The summed E-state index contributed by atoms with van der Waals surface area (Å²) in [5.74, 6) is -0.288. The number of anilines is 2. The van der Waals surface area contributed by atoms with E-state index in [1.54, 1.807) is 18.2 Å². The largest absolute Gasteiger partial charge is 0.364 e. The van der Waals surface area contributed by atoms with Crippen molar-refractivity contribution in [2.75, 3.05) is 30.4 Å². The van der Waals surface area contributed by atoms with Crippen molar-refractivity contribution < 1.29 is 9.59 Å². The zero-order valence-electron chi connectivity index (χ0n) is 13.6. The molecule has 2 aromatic carbocycles. The molecule has 0 saturated heterocycles. The second-order valence-electron chi connectivity index (χ2n) is 5.92. The molecule has 3 rings (SSSR count). The molecule has 2 amide bonds. The number of rotatable bonds is 4. The zero-order chi connectivity index (χ0) is 18.0. The van der Waals surface area contributed by atoms with E-state index in [4.69, 9.17) is 23.2 Å². The molecule has 0 atom stereocenters. The summed E-state index contributed by atoms with van der Waals surface area (Å²) in [4.78, 5) is 25.8. The summed E-state index contributed by atoms with van der Waals surface area (Å²) in [5, 5.41) is 6.80. The molecule has 0 radical (unpaired) electrons. The fourth-order valence-corrected chi connectivity index (χ4v) is 3.35. The number of nitrogens with zero attached hydrogens (tertiary/aromatic N) is 1. The van der Waals surface area contributed by atoms with Crippen LogP contribution in [0.2, 0.25) is 10.0 Å². The van der Waals surface area contributed by atoms with Gasteiger partial charge in [-0.05, 0) is 48.4 Å². The zero-order valence-corrected chi connectivity index (χ0v) is 15.1. The van der Waals surface area contributed by atoms with Crippen LogP contribution in [0, 0.1) is 0 Å². The van der Waals surface area contributed by atoms with Gasteiger partial charge in [0, 0.05) is 29.2 Å². The first-order valence-electron chi connectivity index (χ1n) is 7.80. The first-order valence-corrected chi connectivity index (χ1v) is 8.56. The maximum absolute atomic E-state index is 12.3. The van der Waals surface area contributed by atoms with Gasteiger partial charge in [-0.1, -0.05) is 23.2 Å². The van der Waals surface area contributed by atoms with Gasteiger partial charge in [-0.3, -0.25) is 9.59 Å². The topological polar surface area (TPSA) is 61.4 Å². The van der Waals surface area contributed by atoms with Crippen molar-refractivity contribution in [2.24, 2.45) is 0 Å². The van der Waals surface area contributed by atoms with Crippen LogP contribution in [0.15, 0.2) is 36.4 Å². The monoisotopic (exact) mass is 377 g/mol. The Morgan fingerprint density at radius 2 is 1.92 bits per heavy atom. The quantitative estimate of drug-likeness (QED) is 0.858. The molecule has 0 aromatic heterocycles. The minimum atomic E-state index is -0.196. The molecule has 1 aliphatic heterocycles. The summed E-state index contributed by atoms with van der Waals surface area (Å²) in [7, 11) is 1.84. The van der Waals surface area contributed by atoms with Gasteiger partial charge in [-0.2, -0.15) is 0 Å². The maximum atomic E-state index is 12.3. The lowest BCUT2D eigenvalue weighted by Gasteiger charge is -2.27. The normalized spacial score (nSPS) is 13.2. The minimum absolute atomic E-state index is 0.0922. The third kappa shape index (κ3) is 4.24. The fraction of sp³-hybridized carbons (Fsp3) is 0.222. The number of hydrogen-bond donors (Lipinski definition) is 2. The van der Waals surface area contributed by atoms with Gasteiger partial charge < -0.3 is 15.5 Å². The van der Waals surface area contributed by atoms with Crippen molar-refractivity contribution >= 4 is 46.4 Å². The molecule has 25 heavy (non-hydrogen) atoms. The summed E-state index contributed by atoms with van der Waals surface area (Å²) in [6, 6.07) is 10.6. The second kappa shape index (κ2) is 7.33. The number of fused-ring (bicyclic) bond motifs is 1. The van der Waals surface area contributed by atoms with Crippen LogP contribution < -0.4 is 15.5 Å². The van der Waals surface area contributed by atoms with Gasteiger partial charge in [0.2, 0.25) is 5.91 Å². The van der Waals surface area contributed by atoms with Crippen LogP contribution in [-0.4, -0.2) is 32.0 Å². The molecule has 0 fully saturated rings. The van der Waals surface area contributed by atoms with Crippen molar-refractivity contribution in [3.05, 3.63) is 57.6 Å². The van der Waals surface area contributed by atoms with Crippen molar-refractivity contribution in [1.29, 1.82) is 0 Å². The van der Waals surface area contributed by atoms with Crippen LogP contribution in [-0.2, 0) is 11.2 Å². The van der Waals surface area contributed by atoms with Crippen molar-refractivity contribution in [3.8, 4) is 0 Å². The molecule has 0 spiro atoms. The van der Waals surface area contributed by atoms with Gasteiger partial charge in [0.1, 0.15) is 0 Å². The second-order valence-corrected chi connectivity index (χ2v) is 6.79. The number of nitrogens with one attached hydrogen (secondary N) is 2. The van der Waals surface area contributed by atoms with Crippen molar-refractivity contribution in [3.63, 3.8) is 0 Å². The molecular formula is C18H17Cl2N3O2. The highest BCUT2D eigenvalue weighted by Crippen LogP contribution is 2.29. The number of carbonyl (C=O) groups is 2. The molecule has 0 saturated carbocycles. The predicted octanol–water partition coefficient (Wildman–Crippen LogP) is 3.35. The van der Waals surface area contributed by atoms with E-state index >= 15 is 0 Å². The Labute approximate surface area is 155 Å². The molecular weight excluding hydrogens is 361 g/mol. The van der Waals surface area contributed by atoms with Gasteiger partial charge in [0.15, 0.2) is 0 Å². The summed E-state index contributed by atoms with van der Waals surface area (Å²) in [5.41, 5.74) is 2.99. The highest BCUT2D eigenvalue weighted by molar-refractivity contribution is 6.34. The SMILES string of the molecule is CN1CC(=O)Nc2cc(C(=O)NCCc3cc(Cl)cc(Cl)c3)ccc21. The number of hydrogen-bond acceptors (Lipinski definition) is 3. The van der Waals surface area contributed by atoms with Crippen LogP contribution in [0.25, 0.3) is 0 Å². The molecule has 2 N–H and O–H groups in total. The Morgan fingerprint density at radius 1 is 1.20 bits per heavy atom. The Kier molecular flexibility index (Phi) is 5.16. The molecule has 2 aromatic rings. The summed E-state index contributed by atoms with van der Waals surface area (Å²) < 4.78 is 0.